The van der Waals surface area contributed by atoms with Crippen molar-refractivity contribution in [3.05, 3.63) is 87.0 Å². The van der Waals surface area contributed by atoms with Crippen LogP contribution in [0.4, 0.5) is 0 Å². The number of carbonyl (C=O) groups excluding carboxylic acids is 3. The summed E-state index contributed by atoms with van der Waals surface area (Å²) in [7, 11) is 0. The lowest BCUT2D eigenvalue weighted by Gasteiger charge is -2.31. The Balaban J connectivity index is 1.52. The van der Waals surface area contributed by atoms with Crippen molar-refractivity contribution in [2.75, 3.05) is 0 Å². The lowest BCUT2D eigenvalue weighted by molar-refractivity contribution is -0.314. The monoisotopic (exact) mass is 530 g/mol. The summed E-state index contributed by atoms with van der Waals surface area (Å²) in [5.41, 5.74) is -1.55. The van der Waals surface area contributed by atoms with Gasteiger partial charge in [-0.25, -0.2) is 4.79 Å². The number of benzene rings is 3. The van der Waals surface area contributed by atoms with Gasteiger partial charge in [-0.1, -0.05) is 24.3 Å². The number of ether oxygens (including phenoxy) is 3. The van der Waals surface area contributed by atoms with Crippen LogP contribution in [0.15, 0.2) is 42.5 Å². The molecule has 196 valence electrons. The van der Waals surface area contributed by atoms with Crippen molar-refractivity contribution in [2.24, 2.45) is 0 Å². The lowest BCUT2D eigenvalue weighted by Crippen LogP contribution is -2.36. The third-order valence-corrected chi connectivity index (χ3v) is 7.71. The Morgan fingerprint density at radius 3 is 2.38 bits per heavy atom. The van der Waals surface area contributed by atoms with Crippen LogP contribution in [0.2, 0.25) is 0 Å². The van der Waals surface area contributed by atoms with Crippen LogP contribution in [0.1, 0.15) is 78.2 Å². The smallest absolute Gasteiger partial charge is 0.345 e. The van der Waals surface area contributed by atoms with Gasteiger partial charge in [0.05, 0.1) is 29.2 Å². The van der Waals surface area contributed by atoms with Crippen molar-refractivity contribution in [1.82, 2.24) is 0 Å². The van der Waals surface area contributed by atoms with Crippen LogP contribution in [0.5, 0.6) is 17.2 Å². The molecule has 1 aliphatic carbocycles. The Bertz CT molecular complexity index is 1710. The number of carbonyl (C=O) groups is 4. The minimum atomic E-state index is -2.33. The number of aromatic hydroxyl groups is 3. The van der Waals surface area contributed by atoms with Crippen molar-refractivity contribution in [3.8, 4) is 17.2 Å². The minimum Gasteiger partial charge on any atom is -0.507 e. The molecule has 3 aliphatic heterocycles. The van der Waals surface area contributed by atoms with Crippen molar-refractivity contribution >= 4 is 23.5 Å². The molecule has 3 aromatic rings. The predicted octanol–water partition coefficient (Wildman–Crippen LogP) is 2.79. The molecule has 1 saturated heterocycles. The summed E-state index contributed by atoms with van der Waals surface area (Å²) in [6.45, 7) is 0. The number of aliphatic carboxylic acids is 1. The lowest BCUT2D eigenvalue weighted by atomic mass is 9.77. The predicted molar refractivity (Wildman–Crippen MR) is 127 cm³/mol. The Labute approximate surface area is 218 Å². The van der Waals surface area contributed by atoms with Gasteiger partial charge in [-0.3, -0.25) is 19.1 Å². The molecule has 7 rings (SSSR count). The van der Waals surface area contributed by atoms with Gasteiger partial charge < -0.3 is 29.9 Å². The van der Waals surface area contributed by atoms with Crippen LogP contribution < -0.4 is 0 Å². The molecule has 0 amide bonds. The van der Waals surface area contributed by atoms with Crippen LogP contribution in [-0.2, 0) is 30.6 Å². The molecule has 1 fully saturated rings. The maximum Gasteiger partial charge on any atom is 0.345 e. The minimum absolute atomic E-state index is 0.0794. The Kier molecular flexibility index (Phi) is 4.45. The van der Waals surface area contributed by atoms with Gasteiger partial charge in [0.1, 0.15) is 22.8 Å². The van der Waals surface area contributed by atoms with Crippen LogP contribution in [0.25, 0.3) is 0 Å². The summed E-state index contributed by atoms with van der Waals surface area (Å²) < 4.78 is 18.2. The molecule has 4 aliphatic rings. The number of esters is 1. The van der Waals surface area contributed by atoms with Crippen molar-refractivity contribution in [2.45, 2.75) is 36.9 Å². The van der Waals surface area contributed by atoms with E-state index in [1.165, 1.54) is 30.3 Å². The van der Waals surface area contributed by atoms with E-state index >= 15 is 0 Å². The molecule has 0 aromatic heterocycles. The molecule has 39 heavy (non-hydrogen) atoms. The van der Waals surface area contributed by atoms with Crippen LogP contribution in [0, 0.1) is 0 Å². The third kappa shape index (κ3) is 2.83. The number of rotatable bonds is 2. The molecule has 0 radical (unpaired) electrons. The second kappa shape index (κ2) is 7.43. The average molecular weight is 530 g/mol. The molecule has 3 aromatic carbocycles. The highest BCUT2D eigenvalue weighted by Gasteiger charge is 2.66. The Morgan fingerprint density at radius 1 is 0.872 bits per heavy atom. The quantitative estimate of drug-likeness (QED) is 0.280. The zero-order chi connectivity index (χ0) is 27.4. The molecule has 4 N–H and O–H groups in total. The third-order valence-electron chi connectivity index (χ3n) is 7.71. The molecule has 3 atom stereocenters. The number of hydrogen-bond acceptors (Lipinski definition) is 10. The SMILES string of the molecule is O=C(O)CC1CCC2(O1)OC1(OC(=O)c3c(O)cc4c(c31)C(=O)c1c(O)cccc1C4=O)c1c(O)cccc12. The summed E-state index contributed by atoms with van der Waals surface area (Å²) in [6, 6.07) is 9.36. The van der Waals surface area contributed by atoms with E-state index in [0.717, 1.165) is 6.07 Å². The van der Waals surface area contributed by atoms with Crippen molar-refractivity contribution in [1.29, 1.82) is 0 Å². The molecule has 11 nitrogen and oxygen atoms in total. The summed E-state index contributed by atoms with van der Waals surface area (Å²) in [6.07, 6.45) is -0.723. The number of carboxylic acids is 1. The first-order chi connectivity index (χ1) is 18.6. The number of carboxylic acid groups (broad SMARTS) is 1. The fourth-order valence-corrected chi connectivity index (χ4v) is 6.23. The average Bonchev–Trinajstić information content (AvgIpc) is 3.50. The van der Waals surface area contributed by atoms with Crippen LogP contribution >= 0.6 is 0 Å². The Hall–Kier alpha value is -4.74. The number of fused-ring (bicyclic) bond motifs is 8. The van der Waals surface area contributed by atoms with E-state index in [9.17, 15) is 39.6 Å². The van der Waals surface area contributed by atoms with Gasteiger partial charge in [0.15, 0.2) is 11.6 Å². The highest BCUT2D eigenvalue weighted by Crippen LogP contribution is 2.63. The topological polar surface area (TPSA) is 177 Å². The molecule has 11 heteroatoms. The fraction of sp³-hybridized carbons (Fsp3) is 0.214. The van der Waals surface area contributed by atoms with E-state index < -0.39 is 58.2 Å². The Morgan fingerprint density at radius 2 is 1.62 bits per heavy atom. The molecule has 3 heterocycles. The van der Waals surface area contributed by atoms with E-state index in [-0.39, 0.29) is 64.0 Å². The zero-order valence-corrected chi connectivity index (χ0v) is 19.9. The van der Waals surface area contributed by atoms with Crippen molar-refractivity contribution < 1.29 is 53.8 Å². The molecule has 3 unspecified atom stereocenters. The van der Waals surface area contributed by atoms with E-state index in [4.69, 9.17) is 14.2 Å². The summed E-state index contributed by atoms with van der Waals surface area (Å²) in [4.78, 5) is 52.0. The largest absolute Gasteiger partial charge is 0.507 e. The molecular weight excluding hydrogens is 512 g/mol. The summed E-state index contributed by atoms with van der Waals surface area (Å²) in [5, 5.41) is 41.7. The zero-order valence-electron chi connectivity index (χ0n) is 19.9. The van der Waals surface area contributed by atoms with Gasteiger partial charge in [0, 0.05) is 28.7 Å². The molecule has 0 bridgehead atoms. The van der Waals surface area contributed by atoms with Gasteiger partial charge in [-0.2, -0.15) is 0 Å². The number of phenolic OH excluding ortho intramolecular Hbond substituents is 3. The van der Waals surface area contributed by atoms with Gasteiger partial charge in [0.2, 0.25) is 5.79 Å². The van der Waals surface area contributed by atoms with Gasteiger partial charge in [-0.05, 0) is 24.6 Å². The van der Waals surface area contributed by atoms with Gasteiger partial charge >= 0.3 is 11.9 Å². The van der Waals surface area contributed by atoms with Crippen LogP contribution in [-0.4, -0.2) is 50.0 Å². The standard InChI is InChI=1S/C28H18O11/c29-15-5-1-3-12-19(15)25(35)20-13(24(12)34)10-17(31)21-23(20)28(38-26(21)36)22-14(4-2-6-16(22)30)27(39-28)8-7-11(37-27)9-18(32)33/h1-6,10-11,29-31H,7-9H2,(H,32,33). The fourth-order valence-electron chi connectivity index (χ4n) is 6.23. The number of hydrogen-bond donors (Lipinski definition) is 4. The summed E-state index contributed by atoms with van der Waals surface area (Å²) in [5.74, 6) is -9.17. The molecule has 0 saturated carbocycles. The normalized spacial score (nSPS) is 25.9. The highest BCUT2D eigenvalue weighted by atomic mass is 16.8. The van der Waals surface area contributed by atoms with Crippen LogP contribution in [0.3, 0.4) is 0 Å². The first kappa shape index (κ1) is 23.4. The maximum atomic E-state index is 13.9. The van der Waals surface area contributed by atoms with E-state index in [2.05, 4.69) is 0 Å². The van der Waals surface area contributed by atoms with Gasteiger partial charge in [-0.15, -0.1) is 0 Å². The molecule has 2 spiro atoms. The van der Waals surface area contributed by atoms with E-state index in [0.29, 0.717) is 0 Å². The maximum absolute atomic E-state index is 13.9. The second-order valence-electron chi connectivity index (χ2n) is 9.86. The van der Waals surface area contributed by atoms with E-state index in [1.54, 1.807) is 6.07 Å². The first-order valence-corrected chi connectivity index (χ1v) is 12.1. The second-order valence-corrected chi connectivity index (χ2v) is 9.86. The molecular formula is C28H18O11. The first-order valence-electron chi connectivity index (χ1n) is 12.1. The van der Waals surface area contributed by atoms with Gasteiger partial charge in [0.25, 0.3) is 5.79 Å². The van der Waals surface area contributed by atoms with Crippen molar-refractivity contribution in [3.63, 3.8) is 0 Å². The number of ketones is 2. The summed E-state index contributed by atoms with van der Waals surface area (Å²) >= 11 is 0. The number of phenols is 3. The van der Waals surface area contributed by atoms with E-state index in [1.807, 2.05) is 0 Å². The highest BCUT2D eigenvalue weighted by molar-refractivity contribution is 6.31.